The molecule has 15 heavy (non-hydrogen) atoms. The Kier molecular flexibility index (Phi) is 3.18. The highest BCUT2D eigenvalue weighted by Gasteiger charge is 2.06. The highest BCUT2D eigenvalue weighted by molar-refractivity contribution is 7.07. The molecular formula is C10H10ClN3S. The lowest BCUT2D eigenvalue weighted by atomic mass is 10.2. The Bertz CT molecular complexity index is 430. The Labute approximate surface area is 97.2 Å². The molecule has 0 saturated carbocycles. The molecule has 3 nitrogen and oxygen atoms in total. The molecule has 0 spiro atoms. The fraction of sp³-hybridized carbons (Fsp3) is 0.200. The van der Waals surface area contributed by atoms with Crippen molar-refractivity contribution < 1.29 is 0 Å². The molecule has 2 heterocycles. The first kappa shape index (κ1) is 10.4. The molecule has 78 valence electrons. The number of hydrogen-bond acceptors (Lipinski definition) is 4. The predicted molar refractivity (Wildman–Crippen MR) is 63.4 cm³/mol. The van der Waals surface area contributed by atoms with Gasteiger partial charge < -0.3 is 5.32 Å². The molecule has 2 rings (SSSR count). The topological polar surface area (TPSA) is 37.8 Å². The second kappa shape index (κ2) is 4.59. The summed E-state index contributed by atoms with van der Waals surface area (Å²) in [6, 6.07) is 3.86. The van der Waals surface area contributed by atoms with Crippen LogP contribution in [0.1, 0.15) is 18.7 Å². The van der Waals surface area contributed by atoms with E-state index in [1.807, 2.05) is 17.0 Å². The number of hydrogen-bond donors (Lipinski definition) is 1. The standard InChI is InChI=1S/C10H10ClN3S/c1-7(9-5-15-6-13-9)14-8-2-3-12-10(11)4-8/h2-7H,1H3,(H,12,14). The van der Waals surface area contributed by atoms with Gasteiger partial charge in [0.15, 0.2) is 0 Å². The molecule has 2 aromatic heterocycles. The average Bonchev–Trinajstić information content (AvgIpc) is 2.70. The lowest BCUT2D eigenvalue weighted by Gasteiger charge is -2.12. The summed E-state index contributed by atoms with van der Waals surface area (Å²) < 4.78 is 0. The molecule has 0 bridgehead atoms. The van der Waals surface area contributed by atoms with Gasteiger partial charge in [-0.15, -0.1) is 11.3 Å². The van der Waals surface area contributed by atoms with Crippen LogP contribution in [-0.2, 0) is 0 Å². The third-order valence-corrected chi connectivity index (χ3v) is 2.82. The number of nitrogens with one attached hydrogen (secondary N) is 1. The fourth-order valence-electron chi connectivity index (χ4n) is 1.25. The van der Waals surface area contributed by atoms with E-state index in [0.29, 0.717) is 5.15 Å². The van der Waals surface area contributed by atoms with Crippen LogP contribution in [0, 0.1) is 0 Å². The highest BCUT2D eigenvalue weighted by Crippen LogP contribution is 2.20. The van der Waals surface area contributed by atoms with Gasteiger partial charge in [0, 0.05) is 17.3 Å². The number of halogens is 1. The molecule has 0 aliphatic carbocycles. The van der Waals surface area contributed by atoms with Crippen LogP contribution in [0.4, 0.5) is 5.69 Å². The van der Waals surface area contributed by atoms with Gasteiger partial charge >= 0.3 is 0 Å². The van der Waals surface area contributed by atoms with Crippen LogP contribution in [0.3, 0.4) is 0 Å². The first-order valence-electron chi connectivity index (χ1n) is 4.52. The van der Waals surface area contributed by atoms with Crippen molar-refractivity contribution in [3.8, 4) is 0 Å². The Morgan fingerprint density at radius 3 is 3.00 bits per heavy atom. The van der Waals surface area contributed by atoms with E-state index < -0.39 is 0 Å². The summed E-state index contributed by atoms with van der Waals surface area (Å²) in [4.78, 5) is 8.16. The number of rotatable bonds is 3. The molecule has 0 fully saturated rings. The monoisotopic (exact) mass is 239 g/mol. The zero-order valence-electron chi connectivity index (χ0n) is 8.14. The van der Waals surface area contributed by atoms with E-state index in [9.17, 15) is 0 Å². The summed E-state index contributed by atoms with van der Waals surface area (Å²) >= 11 is 7.38. The van der Waals surface area contributed by atoms with Crippen LogP contribution in [0.5, 0.6) is 0 Å². The summed E-state index contributed by atoms with van der Waals surface area (Å²) in [7, 11) is 0. The van der Waals surface area contributed by atoms with Gasteiger partial charge in [-0.1, -0.05) is 11.6 Å². The predicted octanol–water partition coefficient (Wildman–Crippen LogP) is 3.36. The molecule has 0 aromatic carbocycles. The molecule has 1 unspecified atom stereocenters. The summed E-state index contributed by atoms with van der Waals surface area (Å²) in [6.45, 7) is 2.06. The number of nitrogens with zero attached hydrogens (tertiary/aromatic N) is 2. The Morgan fingerprint density at radius 1 is 1.47 bits per heavy atom. The normalized spacial score (nSPS) is 12.4. The van der Waals surface area contributed by atoms with Crippen LogP contribution in [-0.4, -0.2) is 9.97 Å². The average molecular weight is 240 g/mol. The quantitative estimate of drug-likeness (QED) is 0.835. The van der Waals surface area contributed by atoms with Crippen molar-refractivity contribution in [2.24, 2.45) is 0 Å². The lowest BCUT2D eigenvalue weighted by Crippen LogP contribution is -2.06. The van der Waals surface area contributed by atoms with Crippen LogP contribution in [0.2, 0.25) is 5.15 Å². The maximum Gasteiger partial charge on any atom is 0.131 e. The molecule has 0 saturated heterocycles. The second-order valence-corrected chi connectivity index (χ2v) is 4.25. The first-order chi connectivity index (χ1) is 7.25. The van der Waals surface area contributed by atoms with Crippen LogP contribution in [0.15, 0.2) is 29.2 Å². The number of thiazole rings is 1. The minimum absolute atomic E-state index is 0.176. The maximum atomic E-state index is 5.79. The molecule has 5 heteroatoms. The van der Waals surface area contributed by atoms with Crippen molar-refractivity contribution in [3.05, 3.63) is 40.1 Å². The Hall–Kier alpha value is -1.13. The van der Waals surface area contributed by atoms with Gasteiger partial charge in [-0.25, -0.2) is 9.97 Å². The summed E-state index contributed by atoms with van der Waals surface area (Å²) in [5.41, 5.74) is 3.82. The molecule has 0 radical (unpaired) electrons. The van der Waals surface area contributed by atoms with Crippen molar-refractivity contribution in [3.63, 3.8) is 0 Å². The van der Waals surface area contributed by atoms with Gasteiger partial charge in [-0.2, -0.15) is 0 Å². The summed E-state index contributed by atoms with van der Waals surface area (Å²) in [6.07, 6.45) is 1.68. The molecular weight excluding hydrogens is 230 g/mol. The van der Waals surface area contributed by atoms with E-state index in [1.165, 1.54) is 0 Å². The molecule has 0 aliphatic rings. The van der Waals surface area contributed by atoms with Crippen molar-refractivity contribution in [2.45, 2.75) is 13.0 Å². The number of aromatic nitrogens is 2. The Balaban J connectivity index is 2.09. The minimum atomic E-state index is 0.176. The second-order valence-electron chi connectivity index (χ2n) is 3.15. The summed E-state index contributed by atoms with van der Waals surface area (Å²) in [5, 5.41) is 5.82. The largest absolute Gasteiger partial charge is 0.377 e. The fourth-order valence-corrected chi connectivity index (χ4v) is 2.07. The SMILES string of the molecule is CC(Nc1ccnc(Cl)c1)c1cscn1. The van der Waals surface area contributed by atoms with E-state index in [1.54, 1.807) is 23.6 Å². The maximum absolute atomic E-state index is 5.79. The van der Waals surface area contributed by atoms with E-state index in [-0.39, 0.29) is 6.04 Å². The third-order valence-electron chi connectivity index (χ3n) is 2.00. The van der Waals surface area contributed by atoms with Crippen molar-refractivity contribution in [1.82, 2.24) is 9.97 Å². The van der Waals surface area contributed by atoms with Crippen LogP contribution < -0.4 is 5.32 Å². The highest BCUT2D eigenvalue weighted by atomic mass is 35.5. The smallest absolute Gasteiger partial charge is 0.131 e. The lowest BCUT2D eigenvalue weighted by molar-refractivity contribution is 0.849. The van der Waals surface area contributed by atoms with Crippen molar-refractivity contribution in [2.75, 3.05) is 5.32 Å². The minimum Gasteiger partial charge on any atom is -0.377 e. The summed E-state index contributed by atoms with van der Waals surface area (Å²) in [5.74, 6) is 0. The van der Waals surface area contributed by atoms with E-state index in [4.69, 9.17) is 11.6 Å². The third kappa shape index (κ3) is 2.67. The van der Waals surface area contributed by atoms with Gasteiger partial charge in [0.05, 0.1) is 17.2 Å². The first-order valence-corrected chi connectivity index (χ1v) is 5.84. The number of pyridine rings is 1. The zero-order chi connectivity index (χ0) is 10.7. The van der Waals surface area contributed by atoms with Crippen molar-refractivity contribution in [1.29, 1.82) is 0 Å². The molecule has 0 aliphatic heterocycles. The van der Waals surface area contributed by atoms with E-state index in [2.05, 4.69) is 22.2 Å². The number of anilines is 1. The van der Waals surface area contributed by atoms with Gasteiger partial charge in [-0.05, 0) is 19.1 Å². The van der Waals surface area contributed by atoms with Crippen LogP contribution >= 0.6 is 22.9 Å². The molecule has 1 N–H and O–H groups in total. The van der Waals surface area contributed by atoms with Crippen LogP contribution in [0.25, 0.3) is 0 Å². The van der Waals surface area contributed by atoms with Gasteiger partial charge in [0.1, 0.15) is 5.15 Å². The van der Waals surface area contributed by atoms with E-state index in [0.717, 1.165) is 11.4 Å². The van der Waals surface area contributed by atoms with E-state index >= 15 is 0 Å². The van der Waals surface area contributed by atoms with Gasteiger partial charge in [0.25, 0.3) is 0 Å². The molecule has 2 aromatic rings. The van der Waals surface area contributed by atoms with Gasteiger partial charge in [0.2, 0.25) is 0 Å². The molecule has 1 atom stereocenters. The van der Waals surface area contributed by atoms with Crippen molar-refractivity contribution >= 4 is 28.6 Å². The zero-order valence-corrected chi connectivity index (χ0v) is 9.72. The molecule has 0 amide bonds. The Morgan fingerprint density at radius 2 is 2.33 bits per heavy atom. The van der Waals surface area contributed by atoms with Gasteiger partial charge in [-0.3, -0.25) is 0 Å².